The fraction of sp³-hybridized carbons (Fsp3) is 1.00. The maximum absolute atomic E-state index is 8.74. The Labute approximate surface area is 96.2 Å². The molecule has 0 saturated heterocycles. The van der Waals surface area contributed by atoms with Gasteiger partial charge >= 0.3 is 0 Å². The lowest BCUT2D eigenvalue weighted by Gasteiger charge is -2.37. The summed E-state index contributed by atoms with van der Waals surface area (Å²) in [5.41, 5.74) is 0. The van der Waals surface area contributed by atoms with Crippen molar-refractivity contribution in [2.24, 2.45) is 5.92 Å². The van der Waals surface area contributed by atoms with E-state index in [4.69, 9.17) is 9.53 Å². The van der Waals surface area contributed by atoms with Crippen molar-refractivity contribution in [2.45, 2.75) is 58.7 Å². The van der Waals surface area contributed by atoms with Crippen molar-refractivity contribution in [3.05, 3.63) is 0 Å². The summed E-state index contributed by atoms with van der Waals surface area (Å²) in [5.74, 6) is 0.561. The van der Waals surface area contributed by atoms with Crippen molar-refractivity contribution in [2.75, 3.05) is 13.2 Å². The molecule has 0 bridgehead atoms. The molecule has 92 valence electrons. The quantitative estimate of drug-likeness (QED) is 0.711. The van der Waals surface area contributed by atoms with E-state index in [1.54, 1.807) is 0 Å². The van der Waals surface area contributed by atoms with Gasteiger partial charge in [-0.25, -0.2) is 0 Å². The molecule has 3 heteroatoms. The second-order valence-electron chi connectivity index (χ2n) is 6.04. The Morgan fingerprint density at radius 2 is 1.80 bits per heavy atom. The zero-order valence-corrected chi connectivity index (χ0v) is 12.3. The highest BCUT2D eigenvalue weighted by atomic mass is 28.4. The minimum Gasteiger partial charge on any atom is -0.417 e. The van der Waals surface area contributed by atoms with Gasteiger partial charge in [-0.1, -0.05) is 27.7 Å². The molecule has 0 aliphatic heterocycles. The minimum atomic E-state index is -1.57. The first-order valence-corrected chi connectivity index (χ1v) is 8.86. The number of aliphatic hydroxyl groups excluding tert-OH is 1. The highest BCUT2D eigenvalue weighted by molar-refractivity contribution is 6.74. The molecule has 0 radical (unpaired) electrons. The van der Waals surface area contributed by atoms with E-state index in [9.17, 15) is 0 Å². The van der Waals surface area contributed by atoms with Crippen LogP contribution < -0.4 is 0 Å². The molecule has 0 aromatic carbocycles. The molecule has 15 heavy (non-hydrogen) atoms. The van der Waals surface area contributed by atoms with E-state index in [0.29, 0.717) is 17.6 Å². The average Bonchev–Trinajstić information content (AvgIpc) is 2.09. The highest BCUT2D eigenvalue weighted by Crippen LogP contribution is 2.36. The third-order valence-corrected chi connectivity index (χ3v) is 7.89. The van der Waals surface area contributed by atoms with Crippen LogP contribution in [0, 0.1) is 5.92 Å². The van der Waals surface area contributed by atoms with Gasteiger partial charge < -0.3 is 9.53 Å². The molecule has 0 aliphatic rings. The van der Waals surface area contributed by atoms with Crippen molar-refractivity contribution in [3.63, 3.8) is 0 Å². The Bertz CT molecular complexity index is 173. The number of hydrogen-bond donors (Lipinski definition) is 1. The van der Waals surface area contributed by atoms with Crippen LogP contribution in [0.15, 0.2) is 0 Å². The predicted molar refractivity (Wildman–Crippen MR) is 68.6 cm³/mol. The first kappa shape index (κ1) is 15.1. The molecule has 0 aromatic heterocycles. The van der Waals surface area contributed by atoms with Gasteiger partial charge in [0.15, 0.2) is 8.32 Å². The highest BCUT2D eigenvalue weighted by Gasteiger charge is 2.37. The van der Waals surface area contributed by atoms with Gasteiger partial charge in [-0.15, -0.1) is 0 Å². The maximum atomic E-state index is 8.74. The third kappa shape index (κ3) is 5.69. The maximum Gasteiger partial charge on any atom is 0.191 e. The molecule has 1 N–H and O–H groups in total. The lowest BCUT2D eigenvalue weighted by molar-refractivity contribution is 0.213. The first-order valence-electron chi connectivity index (χ1n) is 5.95. The summed E-state index contributed by atoms with van der Waals surface area (Å²) in [7, 11) is -1.57. The summed E-state index contributed by atoms with van der Waals surface area (Å²) in [4.78, 5) is 0. The largest absolute Gasteiger partial charge is 0.417 e. The SMILES string of the molecule is C[C@@H](CCCO)CO[Si](C)(C)C(C)(C)C. The van der Waals surface area contributed by atoms with E-state index < -0.39 is 8.32 Å². The van der Waals surface area contributed by atoms with E-state index >= 15 is 0 Å². The smallest absolute Gasteiger partial charge is 0.191 e. The molecular formula is C12H28O2Si. The Balaban J connectivity index is 3.93. The zero-order valence-electron chi connectivity index (χ0n) is 11.3. The fourth-order valence-electron chi connectivity index (χ4n) is 1.09. The van der Waals surface area contributed by atoms with E-state index in [-0.39, 0.29) is 0 Å². The normalized spacial score (nSPS) is 15.4. The van der Waals surface area contributed by atoms with Gasteiger partial charge in [0.25, 0.3) is 0 Å². The molecule has 1 atom stereocenters. The van der Waals surface area contributed by atoms with Crippen LogP contribution in [0.5, 0.6) is 0 Å². The zero-order chi connectivity index (χ0) is 12.1. The van der Waals surface area contributed by atoms with E-state index in [1.807, 2.05) is 0 Å². The third-order valence-electron chi connectivity index (χ3n) is 3.39. The van der Waals surface area contributed by atoms with Crippen LogP contribution >= 0.6 is 0 Å². The van der Waals surface area contributed by atoms with Crippen LogP contribution in [0.4, 0.5) is 0 Å². The van der Waals surface area contributed by atoms with Crippen LogP contribution in [-0.4, -0.2) is 26.6 Å². The van der Waals surface area contributed by atoms with Crippen LogP contribution in [0.25, 0.3) is 0 Å². The van der Waals surface area contributed by atoms with Crippen molar-refractivity contribution >= 4 is 8.32 Å². The summed E-state index contributed by atoms with van der Waals surface area (Å²) in [6.45, 7) is 14.7. The molecule has 0 amide bonds. The second kappa shape index (κ2) is 6.02. The monoisotopic (exact) mass is 232 g/mol. The molecule has 0 rings (SSSR count). The molecule has 2 nitrogen and oxygen atoms in total. The van der Waals surface area contributed by atoms with Crippen molar-refractivity contribution < 1.29 is 9.53 Å². The molecule has 0 unspecified atom stereocenters. The van der Waals surface area contributed by atoms with Crippen LogP contribution in [-0.2, 0) is 4.43 Å². The molecule has 0 spiro atoms. The van der Waals surface area contributed by atoms with Gasteiger partial charge in [0.2, 0.25) is 0 Å². The second-order valence-corrected chi connectivity index (χ2v) is 10.9. The van der Waals surface area contributed by atoms with Crippen LogP contribution in [0.2, 0.25) is 18.1 Å². The van der Waals surface area contributed by atoms with Gasteiger partial charge in [0.05, 0.1) is 0 Å². The molecule has 0 aliphatic carbocycles. The molecule has 0 fully saturated rings. The van der Waals surface area contributed by atoms with Crippen molar-refractivity contribution in [3.8, 4) is 0 Å². The van der Waals surface area contributed by atoms with E-state index in [2.05, 4.69) is 40.8 Å². The Kier molecular flexibility index (Phi) is 6.07. The van der Waals surface area contributed by atoms with Crippen molar-refractivity contribution in [1.29, 1.82) is 0 Å². The molecular weight excluding hydrogens is 204 g/mol. The van der Waals surface area contributed by atoms with E-state index in [0.717, 1.165) is 19.4 Å². The van der Waals surface area contributed by atoms with Gasteiger partial charge in [0, 0.05) is 13.2 Å². The van der Waals surface area contributed by atoms with Gasteiger partial charge in [0.1, 0.15) is 0 Å². The summed E-state index contributed by atoms with van der Waals surface area (Å²) >= 11 is 0. The standard InChI is InChI=1S/C12H28O2Si/c1-11(8-7-9-13)10-14-15(5,6)12(2,3)4/h11,13H,7-10H2,1-6H3/t11-/m0/s1. The predicted octanol–water partition coefficient (Wildman–Crippen LogP) is 3.42. The Morgan fingerprint density at radius 1 is 1.27 bits per heavy atom. The topological polar surface area (TPSA) is 29.5 Å². The average molecular weight is 232 g/mol. The van der Waals surface area contributed by atoms with Crippen LogP contribution in [0.3, 0.4) is 0 Å². The lowest BCUT2D eigenvalue weighted by Crippen LogP contribution is -2.41. The molecule has 0 aromatic rings. The summed E-state index contributed by atoms with van der Waals surface area (Å²) in [6.07, 6.45) is 1.95. The fourth-order valence-corrected chi connectivity index (χ4v) is 2.22. The van der Waals surface area contributed by atoms with Gasteiger partial charge in [-0.05, 0) is 36.9 Å². The summed E-state index contributed by atoms with van der Waals surface area (Å²) < 4.78 is 6.11. The molecule has 0 saturated carbocycles. The number of rotatable bonds is 6. The van der Waals surface area contributed by atoms with Crippen molar-refractivity contribution in [1.82, 2.24) is 0 Å². The van der Waals surface area contributed by atoms with Gasteiger partial charge in [-0.2, -0.15) is 0 Å². The first-order chi connectivity index (χ1) is 6.70. The Hall–Kier alpha value is 0.137. The summed E-state index contributed by atoms with van der Waals surface area (Å²) in [5, 5.41) is 9.04. The number of hydrogen-bond acceptors (Lipinski definition) is 2. The van der Waals surface area contributed by atoms with E-state index in [1.165, 1.54) is 0 Å². The number of aliphatic hydroxyl groups is 1. The summed E-state index contributed by atoms with van der Waals surface area (Å²) in [6, 6.07) is 0. The Morgan fingerprint density at radius 3 is 2.20 bits per heavy atom. The molecule has 0 heterocycles. The minimum absolute atomic E-state index is 0.295. The van der Waals surface area contributed by atoms with Gasteiger partial charge in [-0.3, -0.25) is 0 Å². The van der Waals surface area contributed by atoms with Crippen LogP contribution in [0.1, 0.15) is 40.5 Å². The lowest BCUT2D eigenvalue weighted by atomic mass is 10.1.